The van der Waals surface area contributed by atoms with Gasteiger partial charge in [0.25, 0.3) is 11.8 Å². The van der Waals surface area contributed by atoms with E-state index >= 15 is 0 Å². The number of benzene rings is 2. The minimum absolute atomic E-state index is 0.0242. The van der Waals surface area contributed by atoms with Crippen molar-refractivity contribution in [3.63, 3.8) is 0 Å². The van der Waals surface area contributed by atoms with Gasteiger partial charge in [-0.2, -0.15) is 0 Å². The number of amides is 2. The molecule has 30 heavy (non-hydrogen) atoms. The number of H-pyrrole nitrogens is 1. The van der Waals surface area contributed by atoms with Crippen molar-refractivity contribution in [3.05, 3.63) is 69.2 Å². The van der Waals surface area contributed by atoms with E-state index in [4.69, 9.17) is 21.1 Å². The number of nitrogens with zero attached hydrogens (tertiary/aromatic N) is 1. The summed E-state index contributed by atoms with van der Waals surface area (Å²) in [4.78, 5) is 24.6. The van der Waals surface area contributed by atoms with E-state index < -0.39 is 12.0 Å². The van der Waals surface area contributed by atoms with Crippen LogP contribution in [-0.2, 0) is 0 Å². The maximum atomic E-state index is 12.4. The Kier molecular flexibility index (Phi) is 6.96. The van der Waals surface area contributed by atoms with Crippen LogP contribution >= 0.6 is 27.5 Å². The predicted octanol–water partition coefficient (Wildman–Crippen LogP) is 4.94. The van der Waals surface area contributed by atoms with Crippen LogP contribution in [0.1, 0.15) is 28.9 Å². The molecule has 3 aromatic rings. The van der Waals surface area contributed by atoms with Crippen molar-refractivity contribution in [2.45, 2.75) is 13.0 Å². The van der Waals surface area contributed by atoms with E-state index in [-0.39, 0.29) is 22.2 Å². The predicted molar refractivity (Wildman–Crippen MR) is 116 cm³/mol. The van der Waals surface area contributed by atoms with Gasteiger partial charge in [-0.25, -0.2) is 4.79 Å². The van der Waals surface area contributed by atoms with Gasteiger partial charge in [0.1, 0.15) is 16.0 Å². The molecule has 0 bridgehead atoms. The van der Waals surface area contributed by atoms with Crippen molar-refractivity contribution in [2.24, 2.45) is 0 Å². The van der Waals surface area contributed by atoms with Crippen LogP contribution in [0.4, 0.5) is 10.6 Å². The number of anilines is 1. The Morgan fingerprint density at radius 1 is 1.17 bits per heavy atom. The molecule has 10 heteroatoms. The first-order valence-corrected chi connectivity index (χ1v) is 9.98. The highest BCUT2D eigenvalue weighted by molar-refractivity contribution is 9.10. The van der Waals surface area contributed by atoms with Crippen molar-refractivity contribution in [2.75, 3.05) is 12.4 Å². The summed E-state index contributed by atoms with van der Waals surface area (Å²) in [6.45, 7) is 1.82. The molecule has 156 valence electrons. The largest absolute Gasteiger partial charge is 0.497 e. The van der Waals surface area contributed by atoms with Crippen LogP contribution in [0.15, 0.2) is 53.0 Å². The van der Waals surface area contributed by atoms with Crippen LogP contribution in [-0.4, -0.2) is 29.3 Å². The molecule has 0 spiro atoms. The summed E-state index contributed by atoms with van der Waals surface area (Å²) in [6.07, 6.45) is -0.700. The summed E-state index contributed by atoms with van der Waals surface area (Å²) in [5, 5.41) is 12.2. The topological polar surface area (TPSA) is 105 Å². The summed E-state index contributed by atoms with van der Waals surface area (Å²) in [5.74, 6) is 0.490. The first-order chi connectivity index (χ1) is 14.4. The first-order valence-electron chi connectivity index (χ1n) is 8.81. The maximum Gasteiger partial charge on any atom is 0.414 e. The monoisotopic (exact) mass is 492 g/mol. The minimum Gasteiger partial charge on any atom is -0.497 e. The van der Waals surface area contributed by atoms with Crippen LogP contribution in [0.25, 0.3) is 0 Å². The van der Waals surface area contributed by atoms with E-state index in [9.17, 15) is 9.59 Å². The number of aromatic amines is 1. The Morgan fingerprint density at radius 3 is 2.53 bits per heavy atom. The highest BCUT2D eigenvalue weighted by Gasteiger charge is 2.20. The highest BCUT2D eigenvalue weighted by atomic mass is 79.9. The van der Waals surface area contributed by atoms with E-state index in [1.54, 1.807) is 43.5 Å². The smallest absolute Gasteiger partial charge is 0.414 e. The van der Waals surface area contributed by atoms with Gasteiger partial charge in [0.05, 0.1) is 23.7 Å². The molecule has 0 saturated carbocycles. The van der Waals surface area contributed by atoms with Crippen LogP contribution in [0, 0.1) is 0 Å². The molecule has 0 aliphatic heterocycles. The maximum absolute atomic E-state index is 12.4. The standard InChI is InChI=1S/C20H18BrClN4O4/c1-11(12-7-9-13(29-2)10-8-12)23-20(28)30-19-16(21)17(25-26-19)24-18(27)14-5-3-4-6-15(14)22/h3-11H,1-2H3,(H,23,28)(H2,24,25,26,27)/t11-/m1/s1. The zero-order valence-corrected chi connectivity index (χ0v) is 18.4. The molecule has 0 unspecified atom stereocenters. The fourth-order valence-electron chi connectivity index (χ4n) is 2.56. The quantitative estimate of drug-likeness (QED) is 0.451. The molecule has 2 amide bonds. The number of methoxy groups -OCH3 is 1. The number of ether oxygens (including phenoxy) is 2. The molecule has 1 atom stereocenters. The third-order valence-corrected chi connectivity index (χ3v) is 5.24. The van der Waals surface area contributed by atoms with Gasteiger partial charge in [-0.1, -0.05) is 35.9 Å². The summed E-state index contributed by atoms with van der Waals surface area (Å²) in [7, 11) is 1.58. The van der Waals surface area contributed by atoms with Crippen LogP contribution in [0.5, 0.6) is 11.6 Å². The van der Waals surface area contributed by atoms with Crippen molar-refractivity contribution in [1.29, 1.82) is 0 Å². The number of nitrogens with one attached hydrogen (secondary N) is 3. The van der Waals surface area contributed by atoms with Gasteiger partial charge in [-0.15, -0.1) is 5.10 Å². The Balaban J connectivity index is 1.62. The number of hydrogen-bond acceptors (Lipinski definition) is 5. The molecule has 0 radical (unpaired) electrons. The molecule has 8 nitrogen and oxygen atoms in total. The third kappa shape index (κ3) is 5.11. The Bertz CT molecular complexity index is 1060. The van der Waals surface area contributed by atoms with Gasteiger partial charge >= 0.3 is 6.09 Å². The van der Waals surface area contributed by atoms with Gasteiger partial charge in [0, 0.05) is 0 Å². The van der Waals surface area contributed by atoms with Crippen LogP contribution in [0.2, 0.25) is 5.02 Å². The lowest BCUT2D eigenvalue weighted by Crippen LogP contribution is -2.29. The van der Waals surface area contributed by atoms with Crippen molar-refractivity contribution < 1.29 is 19.1 Å². The zero-order valence-electron chi connectivity index (χ0n) is 16.0. The zero-order chi connectivity index (χ0) is 21.7. The lowest BCUT2D eigenvalue weighted by Gasteiger charge is -2.14. The number of carbonyl (C=O) groups is 2. The summed E-state index contributed by atoms with van der Waals surface area (Å²) < 4.78 is 10.6. The average Bonchev–Trinajstić information content (AvgIpc) is 3.07. The number of hydrogen-bond donors (Lipinski definition) is 3. The van der Waals surface area contributed by atoms with Crippen molar-refractivity contribution in [1.82, 2.24) is 15.5 Å². The van der Waals surface area contributed by atoms with E-state index in [1.165, 1.54) is 0 Å². The molecule has 0 aliphatic rings. The van der Waals surface area contributed by atoms with Gasteiger partial charge in [-0.05, 0) is 52.7 Å². The number of carbonyl (C=O) groups excluding carboxylic acids is 2. The van der Waals surface area contributed by atoms with Gasteiger partial charge in [-0.3, -0.25) is 9.89 Å². The van der Waals surface area contributed by atoms with Crippen LogP contribution < -0.4 is 20.1 Å². The molecule has 3 rings (SSSR count). The second kappa shape index (κ2) is 9.64. The Labute approximate surface area is 186 Å². The number of rotatable bonds is 6. The summed E-state index contributed by atoms with van der Waals surface area (Å²) >= 11 is 9.30. The fourth-order valence-corrected chi connectivity index (χ4v) is 3.14. The van der Waals surface area contributed by atoms with Gasteiger partial charge < -0.3 is 20.1 Å². The van der Waals surface area contributed by atoms with Crippen LogP contribution in [0.3, 0.4) is 0 Å². The lowest BCUT2D eigenvalue weighted by atomic mass is 10.1. The Hall–Kier alpha value is -3.04. The summed E-state index contributed by atoms with van der Waals surface area (Å²) in [5.41, 5.74) is 1.18. The third-order valence-electron chi connectivity index (χ3n) is 4.17. The van der Waals surface area contributed by atoms with E-state index in [1.807, 2.05) is 19.1 Å². The minimum atomic E-state index is -0.700. The Morgan fingerprint density at radius 2 is 1.87 bits per heavy atom. The van der Waals surface area contributed by atoms with Gasteiger partial charge in [0.15, 0.2) is 0 Å². The number of aromatic nitrogens is 2. The number of halogens is 2. The SMILES string of the molecule is COc1ccc([C@@H](C)NC(=O)Oc2n[nH]c(NC(=O)c3ccccc3Cl)c2Br)cc1. The summed E-state index contributed by atoms with van der Waals surface area (Å²) in [6, 6.07) is 13.6. The molecule has 3 N–H and O–H groups in total. The van der Waals surface area contributed by atoms with E-state index in [2.05, 4.69) is 36.8 Å². The molecule has 1 aromatic heterocycles. The second-order valence-electron chi connectivity index (χ2n) is 6.18. The lowest BCUT2D eigenvalue weighted by molar-refractivity contribution is 0.102. The van der Waals surface area contributed by atoms with E-state index in [0.717, 1.165) is 11.3 Å². The molecule has 2 aromatic carbocycles. The fraction of sp³-hybridized carbons (Fsp3) is 0.150. The highest BCUT2D eigenvalue weighted by Crippen LogP contribution is 2.30. The van der Waals surface area contributed by atoms with Gasteiger partial charge in [0.2, 0.25) is 0 Å². The molecule has 0 fully saturated rings. The van der Waals surface area contributed by atoms with E-state index in [0.29, 0.717) is 10.6 Å². The molecule has 0 saturated heterocycles. The molecular formula is C20H18BrClN4O4. The average molecular weight is 494 g/mol. The molecule has 0 aliphatic carbocycles. The first kappa shape index (κ1) is 21.7. The normalized spacial score (nSPS) is 11.5. The van der Waals surface area contributed by atoms with Crippen molar-refractivity contribution in [3.8, 4) is 11.6 Å². The molecule has 1 heterocycles. The second-order valence-corrected chi connectivity index (χ2v) is 7.38. The van der Waals surface area contributed by atoms with Crippen molar-refractivity contribution >= 4 is 45.3 Å². The molecular weight excluding hydrogens is 476 g/mol.